The minimum Gasteiger partial charge on any atom is -0.383 e. The summed E-state index contributed by atoms with van der Waals surface area (Å²) in [5.74, 6) is -2.41. The Hall–Kier alpha value is -1.83. The number of carbonyl (C=O) groups excluding carboxylic acids is 2. The highest BCUT2D eigenvalue weighted by Crippen LogP contribution is 2.39. The summed E-state index contributed by atoms with van der Waals surface area (Å²) in [6.07, 6.45) is -3.55. The second kappa shape index (κ2) is 4.93. The topological polar surface area (TPSA) is 49.4 Å². The molecule has 1 aromatic rings. The lowest BCUT2D eigenvalue weighted by Gasteiger charge is -2.17. The van der Waals surface area contributed by atoms with Gasteiger partial charge in [-0.1, -0.05) is 0 Å². The van der Waals surface area contributed by atoms with Crippen molar-refractivity contribution in [3.63, 3.8) is 0 Å². The molecule has 0 fully saturated rings. The third-order valence-electron chi connectivity index (χ3n) is 2.72. The molecule has 0 spiro atoms. The molecular formula is C12H11F3N2O2S. The van der Waals surface area contributed by atoms with Gasteiger partial charge in [-0.3, -0.25) is 9.59 Å². The summed E-state index contributed by atoms with van der Waals surface area (Å²) in [5.41, 5.74) is 0.542. The number of hydrogen-bond donors (Lipinski definition) is 1. The average Bonchev–Trinajstić information content (AvgIpc) is 2.86. The zero-order valence-corrected chi connectivity index (χ0v) is 11.4. The first-order chi connectivity index (χ1) is 9.21. The number of halogens is 3. The molecule has 20 heavy (non-hydrogen) atoms. The number of nitrogens with one attached hydrogen (secondary N) is 1. The largest absolute Gasteiger partial charge is 0.471 e. The lowest BCUT2D eigenvalue weighted by atomic mass is 10.1. The maximum absolute atomic E-state index is 12.4. The van der Waals surface area contributed by atoms with Gasteiger partial charge < -0.3 is 10.2 Å². The summed E-state index contributed by atoms with van der Waals surface area (Å²) >= 11 is 1.15. The average molecular weight is 304 g/mol. The fourth-order valence-corrected chi connectivity index (χ4v) is 2.84. The highest BCUT2D eigenvalue weighted by molar-refractivity contribution is 7.12. The minimum absolute atomic E-state index is 0.134. The van der Waals surface area contributed by atoms with Gasteiger partial charge >= 0.3 is 12.1 Å². The molecule has 1 amide bonds. The fraction of sp³-hybridized carbons (Fsp3) is 0.333. The molecule has 1 aliphatic rings. The van der Waals surface area contributed by atoms with E-state index >= 15 is 0 Å². The van der Waals surface area contributed by atoms with Gasteiger partial charge in [0.25, 0.3) is 0 Å². The van der Waals surface area contributed by atoms with E-state index in [0.29, 0.717) is 10.4 Å². The predicted octanol–water partition coefficient (Wildman–Crippen LogP) is 2.11. The quantitative estimate of drug-likeness (QED) is 0.851. The Kier molecular flexibility index (Phi) is 3.59. The number of carbonyl (C=O) groups is 2. The first kappa shape index (κ1) is 14.6. The van der Waals surface area contributed by atoms with Crippen LogP contribution in [0.2, 0.25) is 0 Å². The molecule has 0 aliphatic heterocycles. The third kappa shape index (κ3) is 2.55. The van der Waals surface area contributed by atoms with Crippen molar-refractivity contribution >= 4 is 23.0 Å². The number of nitrogens with zero attached hydrogens (tertiary/aromatic N) is 1. The second-order valence-electron chi connectivity index (χ2n) is 4.49. The van der Waals surface area contributed by atoms with Gasteiger partial charge in [-0.2, -0.15) is 13.2 Å². The van der Waals surface area contributed by atoms with Crippen LogP contribution in [0, 0.1) is 0 Å². The smallest absolute Gasteiger partial charge is 0.383 e. The number of rotatable bonds is 2. The number of fused-ring (bicyclic) bond motifs is 1. The second-order valence-corrected chi connectivity index (χ2v) is 5.40. The van der Waals surface area contributed by atoms with Crippen LogP contribution < -0.4 is 5.32 Å². The molecule has 0 aromatic carbocycles. The Bertz CT molecular complexity index is 590. The van der Waals surface area contributed by atoms with E-state index in [2.05, 4.69) is 0 Å². The number of ketones is 1. The zero-order valence-electron chi connectivity index (χ0n) is 10.6. The van der Waals surface area contributed by atoms with E-state index in [0.717, 1.165) is 11.3 Å². The molecule has 0 unspecified atom stereocenters. The van der Waals surface area contributed by atoms with Crippen molar-refractivity contribution in [2.75, 3.05) is 14.1 Å². The Morgan fingerprint density at radius 3 is 2.65 bits per heavy atom. The first-order valence-corrected chi connectivity index (χ1v) is 6.47. The van der Waals surface area contributed by atoms with Crippen molar-refractivity contribution in [1.82, 2.24) is 10.2 Å². The maximum atomic E-state index is 12.4. The molecule has 0 saturated heterocycles. The monoisotopic (exact) mass is 304 g/mol. The van der Waals surface area contributed by atoms with Crippen LogP contribution in [0.4, 0.5) is 13.2 Å². The van der Waals surface area contributed by atoms with Gasteiger partial charge in [-0.15, -0.1) is 11.3 Å². The van der Waals surface area contributed by atoms with Crippen LogP contribution in [0.25, 0.3) is 0 Å². The Labute approximate surface area is 116 Å². The molecular weight excluding hydrogens is 293 g/mol. The van der Waals surface area contributed by atoms with Crippen molar-refractivity contribution < 1.29 is 22.8 Å². The first-order valence-electron chi connectivity index (χ1n) is 5.59. The van der Waals surface area contributed by atoms with Gasteiger partial charge in [0.1, 0.15) is 0 Å². The molecule has 1 heterocycles. The van der Waals surface area contributed by atoms with Gasteiger partial charge in [0.15, 0.2) is 0 Å². The third-order valence-corrected chi connectivity index (χ3v) is 3.65. The van der Waals surface area contributed by atoms with Crippen LogP contribution in [-0.2, 0) is 4.79 Å². The van der Waals surface area contributed by atoms with Crippen molar-refractivity contribution in [3.05, 3.63) is 33.7 Å². The summed E-state index contributed by atoms with van der Waals surface area (Å²) in [6.45, 7) is 0. The van der Waals surface area contributed by atoms with Crippen molar-refractivity contribution in [2.24, 2.45) is 0 Å². The Morgan fingerprint density at radius 2 is 2.10 bits per heavy atom. The molecule has 0 bridgehead atoms. The molecule has 1 N–H and O–H groups in total. The lowest BCUT2D eigenvalue weighted by molar-refractivity contribution is -0.174. The van der Waals surface area contributed by atoms with Gasteiger partial charge in [0.05, 0.1) is 10.9 Å². The summed E-state index contributed by atoms with van der Waals surface area (Å²) in [6, 6.07) is 0.496. The molecule has 8 heteroatoms. The van der Waals surface area contributed by atoms with Crippen LogP contribution in [0.1, 0.15) is 21.3 Å². The normalized spacial score (nSPS) is 20.1. The molecule has 2 rings (SSSR count). The van der Waals surface area contributed by atoms with Crippen molar-refractivity contribution in [2.45, 2.75) is 12.2 Å². The fourth-order valence-electron chi connectivity index (χ4n) is 1.94. The highest BCUT2D eigenvalue weighted by atomic mass is 32.1. The standard InChI is InChI=1S/C12H11F3N2O2S/c1-17(2)5-7-8(16-11(19)12(13,14)15)6-3-4-20-10(6)9(7)18/h3-5,8H,1-2H3,(H,16,19)/b7-5-/t8-/m0/s1. The summed E-state index contributed by atoms with van der Waals surface area (Å²) in [7, 11) is 3.30. The van der Waals surface area contributed by atoms with Gasteiger partial charge in [-0.05, 0) is 11.4 Å². The maximum Gasteiger partial charge on any atom is 0.471 e. The van der Waals surface area contributed by atoms with Gasteiger partial charge in [-0.25, -0.2) is 0 Å². The van der Waals surface area contributed by atoms with E-state index in [1.165, 1.54) is 6.20 Å². The summed E-state index contributed by atoms with van der Waals surface area (Å²) in [5, 5.41) is 3.49. The van der Waals surface area contributed by atoms with Crippen LogP contribution in [0.5, 0.6) is 0 Å². The van der Waals surface area contributed by atoms with E-state index < -0.39 is 18.1 Å². The van der Waals surface area contributed by atoms with E-state index in [1.54, 1.807) is 30.4 Å². The van der Waals surface area contributed by atoms with Crippen LogP contribution in [-0.4, -0.2) is 36.9 Å². The van der Waals surface area contributed by atoms with Gasteiger partial charge in [0.2, 0.25) is 5.78 Å². The number of Topliss-reactive ketones (excluding diaryl/α,β-unsaturated/α-hetero) is 1. The number of hydrogen-bond acceptors (Lipinski definition) is 4. The molecule has 1 aliphatic carbocycles. The molecule has 1 aromatic heterocycles. The van der Waals surface area contributed by atoms with Gasteiger partial charge in [0, 0.05) is 31.4 Å². The molecule has 108 valence electrons. The molecule has 0 saturated carbocycles. The van der Waals surface area contributed by atoms with Crippen molar-refractivity contribution in [1.29, 1.82) is 0 Å². The lowest BCUT2D eigenvalue weighted by Crippen LogP contribution is -2.39. The predicted molar refractivity (Wildman–Crippen MR) is 67.4 cm³/mol. The van der Waals surface area contributed by atoms with Crippen LogP contribution in [0.3, 0.4) is 0 Å². The molecule has 0 radical (unpaired) electrons. The number of alkyl halides is 3. The van der Waals surface area contributed by atoms with E-state index in [1.807, 2.05) is 5.32 Å². The highest BCUT2D eigenvalue weighted by Gasteiger charge is 2.44. The summed E-state index contributed by atoms with van der Waals surface area (Å²) < 4.78 is 37.1. The minimum atomic E-state index is -4.98. The van der Waals surface area contributed by atoms with E-state index in [9.17, 15) is 22.8 Å². The van der Waals surface area contributed by atoms with E-state index in [-0.39, 0.29) is 11.4 Å². The van der Waals surface area contributed by atoms with E-state index in [4.69, 9.17) is 0 Å². The number of amides is 1. The SMILES string of the molecule is CN(C)/C=C1\C(=O)c2sccc2[C@@H]1NC(=O)C(F)(F)F. The van der Waals surface area contributed by atoms with Crippen LogP contribution in [0.15, 0.2) is 23.2 Å². The van der Waals surface area contributed by atoms with Crippen LogP contribution >= 0.6 is 11.3 Å². The molecule has 4 nitrogen and oxygen atoms in total. The summed E-state index contributed by atoms with van der Waals surface area (Å²) in [4.78, 5) is 25.1. The Morgan fingerprint density at radius 1 is 1.45 bits per heavy atom. The number of thiophene rings is 1. The Balaban J connectivity index is 2.38. The molecule has 1 atom stereocenters. The van der Waals surface area contributed by atoms with Crippen molar-refractivity contribution in [3.8, 4) is 0 Å². The zero-order chi connectivity index (χ0) is 15.1.